The number of nitrogens with zero attached hydrogens (tertiary/aromatic N) is 4. The zero-order chi connectivity index (χ0) is 73.9. The van der Waals surface area contributed by atoms with E-state index in [1.807, 2.05) is 0 Å². The van der Waals surface area contributed by atoms with Crippen molar-refractivity contribution in [1.82, 2.24) is 9.13 Å². The van der Waals surface area contributed by atoms with Crippen LogP contribution in [0.15, 0.2) is 326 Å². The van der Waals surface area contributed by atoms with Gasteiger partial charge in [-0.3, -0.25) is 0 Å². The molecule has 0 radical (unpaired) electrons. The number of hydrogen-bond acceptors (Lipinski definition) is 3. The molecule has 3 aromatic heterocycles. The first-order chi connectivity index (χ1) is 52.9. The van der Waals surface area contributed by atoms with Crippen LogP contribution in [0.2, 0.25) is 5.02 Å². The Hall–Kier alpha value is -12.3. The van der Waals surface area contributed by atoms with E-state index in [2.05, 4.69) is 403 Å². The van der Waals surface area contributed by atoms with Crippen LogP contribution in [0.25, 0.3) is 133 Å². The third-order valence-corrected chi connectivity index (χ3v) is 23.5. The number of fused-ring (bicyclic) bond motifs is 13. The van der Waals surface area contributed by atoms with Crippen molar-refractivity contribution in [2.24, 2.45) is 0 Å². The molecule has 109 heavy (non-hydrogen) atoms. The quantitative estimate of drug-likeness (QED) is 0.135. The molecule has 20 rings (SSSR count). The van der Waals surface area contributed by atoms with E-state index < -0.39 is 0 Å². The Balaban J connectivity index is 0.978. The van der Waals surface area contributed by atoms with Crippen molar-refractivity contribution in [3.8, 4) is 67.0 Å². The van der Waals surface area contributed by atoms with Crippen LogP contribution < -0.4 is 26.2 Å². The minimum atomic E-state index is -0.299. The fraction of sp³-hybridized carbons (Fsp3) is 0.118. The van der Waals surface area contributed by atoms with E-state index >= 15 is 0 Å². The molecule has 2 aliphatic rings. The number of hydrogen-bond donors (Lipinski definition) is 0. The second-order valence-corrected chi connectivity index (χ2v) is 33.4. The molecule has 0 N–H and O–H groups in total. The third kappa shape index (κ3) is 10.7. The molecule has 7 heteroatoms. The van der Waals surface area contributed by atoms with Crippen LogP contribution in [0.3, 0.4) is 0 Å². The van der Waals surface area contributed by atoms with Crippen molar-refractivity contribution in [2.45, 2.75) is 78.6 Å². The summed E-state index contributed by atoms with van der Waals surface area (Å²) in [5, 5.41) is 7.66. The molecule has 0 unspecified atom stereocenters. The van der Waals surface area contributed by atoms with Crippen molar-refractivity contribution in [1.29, 1.82) is 0 Å². The van der Waals surface area contributed by atoms with Crippen LogP contribution in [-0.2, 0) is 16.2 Å². The van der Waals surface area contributed by atoms with Gasteiger partial charge in [-0.15, -0.1) is 0 Å². The van der Waals surface area contributed by atoms with Gasteiger partial charge in [0, 0.05) is 88.0 Å². The molecule has 0 saturated heterocycles. The van der Waals surface area contributed by atoms with Crippen LogP contribution >= 0.6 is 11.6 Å². The van der Waals surface area contributed by atoms with Gasteiger partial charge in [-0.1, -0.05) is 286 Å². The Kier molecular flexibility index (Phi) is 15.1. The fourth-order valence-corrected chi connectivity index (χ4v) is 18.0. The average molecular weight is 1420 g/mol. The minimum Gasteiger partial charge on any atom is -0.456 e. The molecular weight excluding hydrogens is 1340 g/mol. The summed E-state index contributed by atoms with van der Waals surface area (Å²) in [4.78, 5) is 5.27. The second-order valence-electron chi connectivity index (χ2n) is 32.9. The van der Waals surface area contributed by atoms with Gasteiger partial charge in [0.1, 0.15) is 11.2 Å². The first-order valence-corrected chi connectivity index (χ1v) is 38.6. The van der Waals surface area contributed by atoms with E-state index in [1.165, 1.54) is 49.2 Å². The Morgan fingerprint density at radius 2 is 0.771 bits per heavy atom. The smallest absolute Gasteiger partial charge is 0.252 e. The molecule has 0 fully saturated rings. The number of anilines is 6. The lowest BCUT2D eigenvalue weighted by Crippen LogP contribution is -2.61. The highest BCUT2D eigenvalue weighted by Gasteiger charge is 2.46. The molecule has 18 aromatic rings. The molecule has 0 spiro atoms. The summed E-state index contributed by atoms with van der Waals surface area (Å²) in [5.41, 5.74) is 32.7. The van der Waals surface area contributed by atoms with Crippen molar-refractivity contribution < 1.29 is 4.42 Å². The molecule has 0 saturated carbocycles. The molecule has 0 amide bonds. The van der Waals surface area contributed by atoms with Crippen molar-refractivity contribution >= 4 is 134 Å². The summed E-state index contributed by atoms with van der Waals surface area (Å²) < 4.78 is 11.7. The maximum absolute atomic E-state index is 7.64. The predicted octanol–water partition coefficient (Wildman–Crippen LogP) is 26.7. The molecule has 5 heterocycles. The van der Waals surface area contributed by atoms with Crippen LogP contribution in [0, 0.1) is 0 Å². The normalized spacial score (nSPS) is 13.0. The van der Waals surface area contributed by atoms with E-state index in [9.17, 15) is 0 Å². The summed E-state index contributed by atoms with van der Waals surface area (Å²) >= 11 is 7.64. The summed E-state index contributed by atoms with van der Waals surface area (Å²) in [6, 6.07) is 121. The number of para-hydroxylation sites is 4. The Morgan fingerprint density at radius 1 is 0.284 bits per heavy atom. The van der Waals surface area contributed by atoms with Gasteiger partial charge in [-0.25, -0.2) is 0 Å². The van der Waals surface area contributed by atoms with Gasteiger partial charge in [-0.2, -0.15) is 0 Å². The number of rotatable bonds is 9. The van der Waals surface area contributed by atoms with E-state index in [4.69, 9.17) is 16.0 Å². The number of aromatic nitrogens is 2. The summed E-state index contributed by atoms with van der Waals surface area (Å²) in [6.07, 6.45) is 0. The minimum absolute atomic E-state index is 0.0770. The molecule has 0 aliphatic carbocycles. The van der Waals surface area contributed by atoms with Crippen LogP contribution in [-0.4, -0.2) is 15.8 Å². The highest BCUT2D eigenvalue weighted by molar-refractivity contribution is 7.00. The lowest BCUT2D eigenvalue weighted by atomic mass is 9.33. The number of benzene rings is 15. The molecule has 2 aliphatic heterocycles. The van der Waals surface area contributed by atoms with E-state index in [-0.39, 0.29) is 23.0 Å². The molecule has 5 nitrogen and oxygen atoms in total. The van der Waals surface area contributed by atoms with Gasteiger partial charge >= 0.3 is 0 Å². The number of furan rings is 1. The van der Waals surface area contributed by atoms with Crippen molar-refractivity contribution in [3.63, 3.8) is 0 Å². The molecule has 0 atom stereocenters. The third-order valence-electron chi connectivity index (χ3n) is 23.2. The number of halogens is 1. The molecule has 15 aromatic carbocycles. The lowest BCUT2D eigenvalue weighted by Gasteiger charge is -2.46. The summed E-state index contributed by atoms with van der Waals surface area (Å²) in [7, 11) is 0. The van der Waals surface area contributed by atoms with Gasteiger partial charge in [0.25, 0.3) is 6.71 Å². The van der Waals surface area contributed by atoms with Gasteiger partial charge < -0.3 is 23.4 Å². The van der Waals surface area contributed by atoms with Crippen molar-refractivity contribution in [2.75, 3.05) is 9.80 Å². The first-order valence-electron chi connectivity index (χ1n) is 38.2. The van der Waals surface area contributed by atoms with Gasteiger partial charge in [0.05, 0.1) is 39.1 Å². The highest BCUT2D eigenvalue weighted by Crippen LogP contribution is 2.55. The zero-order valence-corrected chi connectivity index (χ0v) is 63.5. The Labute approximate surface area is 642 Å². The Bertz CT molecular complexity index is 6580. The second kappa shape index (κ2) is 24.9. The van der Waals surface area contributed by atoms with E-state index in [0.29, 0.717) is 5.02 Å². The maximum atomic E-state index is 7.64. The first kappa shape index (κ1) is 66.1. The highest BCUT2D eigenvalue weighted by atomic mass is 35.5. The van der Waals surface area contributed by atoms with Crippen LogP contribution in [0.5, 0.6) is 0 Å². The monoisotopic (exact) mass is 1420 g/mol. The summed E-state index contributed by atoms with van der Waals surface area (Å²) in [5.74, 6) is 0. The van der Waals surface area contributed by atoms with Crippen LogP contribution in [0.4, 0.5) is 34.1 Å². The molecular formula is C102H80BClN4O. The van der Waals surface area contributed by atoms with Gasteiger partial charge in [0.2, 0.25) is 0 Å². The standard InChI is InChI=1S/C102H80BClN4O/c1-100(2,3)68-44-51-87(79(58-68)65-31-17-12-18-32-65)107-91-61-71(104)47-49-83(91)103-84-50-48-72(105-88-52-45-69(101(4,5)6)59-80(88)81-60-70(102(7,8)9)46-53-89(81)105)62-92(84)108(99-74(63-27-13-10-14-28-63)37-25-38-75(99)64-29-15-11-16-30-64)94-57-67(56-93(107)98(94)103)97-73(66-43-54-96-82(55-66)78-35-21-24-42-95(78)109-96)36-26-41-90(97)106-85-39-22-19-33-76(85)77-34-20-23-40-86(77)106/h10-62H,1-9H3. The fourth-order valence-electron chi connectivity index (χ4n) is 17.8. The topological polar surface area (TPSA) is 29.5 Å². The average Bonchev–Trinajstić information content (AvgIpc) is 1.12. The lowest BCUT2D eigenvalue weighted by molar-refractivity contribution is 0.590. The largest absolute Gasteiger partial charge is 0.456 e. The van der Waals surface area contributed by atoms with E-state index in [0.717, 1.165) is 151 Å². The van der Waals surface area contributed by atoms with Gasteiger partial charge in [0.15, 0.2) is 0 Å². The zero-order valence-electron chi connectivity index (χ0n) is 62.8. The molecule has 0 bridgehead atoms. The van der Waals surface area contributed by atoms with Crippen LogP contribution in [0.1, 0.15) is 79.0 Å². The predicted molar refractivity (Wildman–Crippen MR) is 465 cm³/mol. The Morgan fingerprint density at radius 3 is 1.38 bits per heavy atom. The SMILES string of the molecule is CC(C)(C)c1ccc(N2c3cc(Cl)ccc3B3c4ccc(-n5c6ccc(C(C)(C)C)cc6c6cc(C(C)(C)C)ccc65)cc4N(c4c(-c5ccccc5)cccc4-c4ccccc4)c4cc(-c5c(-c6ccc7oc8ccccc8c7c6)cccc5-n5c6ccccc6c6ccccc65)cc2c43)c(-c2ccccc2)c1. The molecule has 524 valence electrons. The van der Waals surface area contributed by atoms with E-state index in [1.54, 1.807) is 0 Å². The van der Waals surface area contributed by atoms with Gasteiger partial charge in [-0.05, 0) is 192 Å². The summed E-state index contributed by atoms with van der Waals surface area (Å²) in [6.45, 7) is 20.6. The maximum Gasteiger partial charge on any atom is 0.252 e. The van der Waals surface area contributed by atoms with Crippen molar-refractivity contribution in [3.05, 3.63) is 343 Å².